The second-order valence-electron chi connectivity index (χ2n) is 5.97. The molecule has 0 spiro atoms. The predicted octanol–water partition coefficient (Wildman–Crippen LogP) is 1.61. The third kappa shape index (κ3) is 6.10. The van der Waals surface area contributed by atoms with Crippen LogP contribution in [0, 0.1) is 5.92 Å². The summed E-state index contributed by atoms with van der Waals surface area (Å²) in [6, 6.07) is 6.12. The molecule has 0 aliphatic heterocycles. The normalized spacial score (nSPS) is 12.7. The van der Waals surface area contributed by atoms with Crippen molar-refractivity contribution in [2.24, 2.45) is 5.92 Å². The van der Waals surface area contributed by atoms with Gasteiger partial charge in [-0.2, -0.15) is 0 Å². The molecule has 0 fully saturated rings. The van der Waals surface area contributed by atoms with Crippen molar-refractivity contribution in [2.45, 2.75) is 26.3 Å². The quantitative estimate of drug-likeness (QED) is 0.717. The van der Waals surface area contributed by atoms with E-state index in [0.29, 0.717) is 12.0 Å². The number of anilines is 1. The van der Waals surface area contributed by atoms with E-state index < -0.39 is 30.5 Å². The van der Waals surface area contributed by atoms with Crippen LogP contribution in [0.5, 0.6) is 0 Å². The molecule has 0 aliphatic rings. The number of benzene rings is 1. The minimum Gasteiger partial charge on any atom is -0.467 e. The molecule has 1 N–H and O–H groups in total. The molecule has 1 rings (SSSR count). The van der Waals surface area contributed by atoms with Gasteiger partial charge in [0, 0.05) is 19.8 Å². The zero-order valence-corrected chi connectivity index (χ0v) is 15.4. The smallest absolute Gasteiger partial charge is 0.338 e. The number of methoxy groups -OCH3 is 1. The van der Waals surface area contributed by atoms with Crippen molar-refractivity contribution < 1.29 is 23.9 Å². The van der Waals surface area contributed by atoms with Gasteiger partial charge in [-0.25, -0.2) is 9.59 Å². The van der Waals surface area contributed by atoms with Crippen molar-refractivity contribution >= 4 is 23.5 Å². The highest BCUT2D eigenvalue weighted by molar-refractivity contribution is 5.93. The fraction of sp³-hybridized carbons (Fsp3) is 0.500. The maximum atomic E-state index is 12.1. The molecule has 7 heteroatoms. The maximum Gasteiger partial charge on any atom is 0.338 e. The van der Waals surface area contributed by atoms with Gasteiger partial charge in [-0.1, -0.05) is 26.3 Å². The molecule has 2 atom stereocenters. The molecule has 1 amide bonds. The molecule has 7 nitrogen and oxygen atoms in total. The molecule has 0 bridgehead atoms. The zero-order chi connectivity index (χ0) is 19.0. The Bertz CT molecular complexity index is 615. The van der Waals surface area contributed by atoms with Gasteiger partial charge in [-0.05, 0) is 24.1 Å². The minimum absolute atomic E-state index is 0.0936. The van der Waals surface area contributed by atoms with Gasteiger partial charge in [0.15, 0.2) is 6.61 Å². The van der Waals surface area contributed by atoms with Gasteiger partial charge in [-0.15, -0.1) is 0 Å². The summed E-state index contributed by atoms with van der Waals surface area (Å²) in [4.78, 5) is 37.7. The Labute approximate surface area is 148 Å². The molecule has 0 radical (unpaired) electrons. The number of hydrogen-bond donors (Lipinski definition) is 1. The second-order valence-corrected chi connectivity index (χ2v) is 5.97. The van der Waals surface area contributed by atoms with E-state index in [-0.39, 0.29) is 5.92 Å². The fourth-order valence-electron chi connectivity index (χ4n) is 2.14. The number of nitrogens with zero attached hydrogens (tertiary/aromatic N) is 1. The predicted molar refractivity (Wildman–Crippen MR) is 94.5 cm³/mol. The molecule has 0 saturated carbocycles. The van der Waals surface area contributed by atoms with E-state index in [4.69, 9.17) is 9.47 Å². The lowest BCUT2D eigenvalue weighted by molar-refractivity contribution is -0.147. The molecule has 1 aromatic rings. The van der Waals surface area contributed by atoms with Crippen molar-refractivity contribution in [3.8, 4) is 0 Å². The van der Waals surface area contributed by atoms with E-state index in [2.05, 4.69) is 5.32 Å². The average Bonchev–Trinajstić information content (AvgIpc) is 2.62. The molecule has 0 saturated heterocycles. The summed E-state index contributed by atoms with van der Waals surface area (Å²) in [6.07, 6.45) is 0.692. The van der Waals surface area contributed by atoms with E-state index in [0.717, 1.165) is 5.69 Å². The van der Waals surface area contributed by atoms with E-state index in [1.54, 1.807) is 18.2 Å². The Morgan fingerprint density at radius 2 is 1.92 bits per heavy atom. The summed E-state index contributed by atoms with van der Waals surface area (Å²) in [5, 5.41) is 2.56. The lowest BCUT2D eigenvalue weighted by Gasteiger charge is -2.21. The monoisotopic (exact) mass is 350 g/mol. The number of hydrogen-bond acceptors (Lipinski definition) is 6. The van der Waals surface area contributed by atoms with E-state index >= 15 is 0 Å². The first-order valence-corrected chi connectivity index (χ1v) is 8.11. The van der Waals surface area contributed by atoms with Crippen molar-refractivity contribution in [1.29, 1.82) is 0 Å². The number of carbonyl (C=O) groups is 3. The topological polar surface area (TPSA) is 84.9 Å². The summed E-state index contributed by atoms with van der Waals surface area (Å²) in [5.41, 5.74) is 1.20. The van der Waals surface area contributed by atoms with Gasteiger partial charge >= 0.3 is 11.9 Å². The van der Waals surface area contributed by atoms with E-state index in [1.165, 1.54) is 7.11 Å². The summed E-state index contributed by atoms with van der Waals surface area (Å²) < 4.78 is 9.73. The van der Waals surface area contributed by atoms with Crippen molar-refractivity contribution in [2.75, 3.05) is 32.7 Å². The van der Waals surface area contributed by atoms with Crippen LogP contribution in [-0.4, -0.2) is 51.7 Å². The first kappa shape index (κ1) is 20.5. The van der Waals surface area contributed by atoms with Crippen LogP contribution in [0.3, 0.4) is 0 Å². The number of carbonyl (C=O) groups excluding carboxylic acids is 3. The van der Waals surface area contributed by atoms with Crippen LogP contribution in [0.25, 0.3) is 0 Å². The standard InChI is InChI=1S/C18H26N2O5/c1-6-12(2)16(18(23)24-5)19-15(21)11-25-17(22)13-8-7-9-14(10-13)20(3)4/h7-10,12,16H,6,11H2,1-5H3,(H,19,21)/t12-,16-/m0/s1. The lowest BCUT2D eigenvalue weighted by atomic mass is 9.99. The molecule has 138 valence electrons. The summed E-state index contributed by atoms with van der Waals surface area (Å²) in [5.74, 6) is -1.76. The number of rotatable bonds is 8. The molecule has 0 heterocycles. The van der Waals surface area contributed by atoms with Crippen LogP contribution in [-0.2, 0) is 19.1 Å². The van der Waals surface area contributed by atoms with Gasteiger partial charge in [0.1, 0.15) is 6.04 Å². The summed E-state index contributed by atoms with van der Waals surface area (Å²) >= 11 is 0. The number of esters is 2. The van der Waals surface area contributed by atoms with Gasteiger partial charge < -0.3 is 19.7 Å². The van der Waals surface area contributed by atoms with Gasteiger partial charge in [0.2, 0.25) is 0 Å². The van der Waals surface area contributed by atoms with Crippen LogP contribution >= 0.6 is 0 Å². The third-order valence-electron chi connectivity index (χ3n) is 3.92. The van der Waals surface area contributed by atoms with Gasteiger partial charge in [0.25, 0.3) is 5.91 Å². The third-order valence-corrected chi connectivity index (χ3v) is 3.92. The maximum absolute atomic E-state index is 12.1. The number of nitrogens with one attached hydrogen (secondary N) is 1. The Kier molecular flexibility index (Phi) is 7.91. The molecule has 1 aromatic carbocycles. The number of ether oxygens (including phenoxy) is 2. The van der Waals surface area contributed by atoms with Gasteiger partial charge in [0.05, 0.1) is 12.7 Å². The molecule has 0 aromatic heterocycles. The molecular weight excluding hydrogens is 324 g/mol. The highest BCUT2D eigenvalue weighted by Crippen LogP contribution is 2.14. The van der Waals surface area contributed by atoms with Crippen LogP contribution in [0.4, 0.5) is 5.69 Å². The largest absolute Gasteiger partial charge is 0.467 e. The van der Waals surface area contributed by atoms with E-state index in [1.807, 2.05) is 38.9 Å². The highest BCUT2D eigenvalue weighted by atomic mass is 16.5. The SMILES string of the molecule is CC[C@H](C)[C@H](NC(=O)COC(=O)c1cccc(N(C)C)c1)C(=O)OC. The first-order chi connectivity index (χ1) is 11.8. The van der Waals surface area contributed by atoms with Crippen molar-refractivity contribution in [3.63, 3.8) is 0 Å². The molecule has 0 unspecified atom stereocenters. The van der Waals surface area contributed by atoms with Crippen molar-refractivity contribution in [1.82, 2.24) is 5.32 Å². The minimum atomic E-state index is -0.765. The Hall–Kier alpha value is -2.57. The van der Waals surface area contributed by atoms with Crippen LogP contribution in [0.2, 0.25) is 0 Å². The van der Waals surface area contributed by atoms with Crippen molar-refractivity contribution in [3.05, 3.63) is 29.8 Å². The van der Waals surface area contributed by atoms with Crippen LogP contribution < -0.4 is 10.2 Å². The molecular formula is C18H26N2O5. The average molecular weight is 350 g/mol. The zero-order valence-electron chi connectivity index (χ0n) is 15.4. The summed E-state index contributed by atoms with van der Waals surface area (Å²) in [6.45, 7) is 3.28. The Morgan fingerprint density at radius 1 is 1.24 bits per heavy atom. The second kappa shape index (κ2) is 9.66. The van der Waals surface area contributed by atoms with E-state index in [9.17, 15) is 14.4 Å². The molecule has 0 aliphatic carbocycles. The van der Waals surface area contributed by atoms with Gasteiger partial charge in [-0.3, -0.25) is 4.79 Å². The molecule has 25 heavy (non-hydrogen) atoms. The Balaban J connectivity index is 2.64. The van der Waals surface area contributed by atoms with Crippen LogP contribution in [0.15, 0.2) is 24.3 Å². The first-order valence-electron chi connectivity index (χ1n) is 8.11. The lowest BCUT2D eigenvalue weighted by Crippen LogP contribution is -2.47. The summed E-state index contributed by atoms with van der Waals surface area (Å²) in [7, 11) is 4.99. The fourth-order valence-corrected chi connectivity index (χ4v) is 2.14. The number of amides is 1. The highest BCUT2D eigenvalue weighted by Gasteiger charge is 2.27. The van der Waals surface area contributed by atoms with Crippen LogP contribution in [0.1, 0.15) is 30.6 Å². The Morgan fingerprint density at radius 3 is 2.48 bits per heavy atom.